The molecule has 136 valence electrons. The van der Waals surface area contributed by atoms with E-state index in [0.29, 0.717) is 21.3 Å². The normalized spacial score (nSPS) is 17.6. The lowest BCUT2D eigenvalue weighted by Gasteiger charge is -2.33. The van der Waals surface area contributed by atoms with Gasteiger partial charge in [-0.3, -0.25) is 0 Å². The number of hydrogen-bond donors (Lipinski definition) is 2. The Bertz CT molecular complexity index is 745. The molecule has 0 aliphatic carbocycles. The number of aromatic hydroxyl groups is 1. The van der Waals surface area contributed by atoms with Crippen molar-refractivity contribution < 1.29 is 24.2 Å². The number of urea groups is 1. The summed E-state index contributed by atoms with van der Waals surface area (Å²) >= 11 is 3.26. The molecular formula is C17H21BrN2O5. The predicted octanol–water partition coefficient (Wildman–Crippen LogP) is 3.09. The Morgan fingerprint density at radius 2 is 2.04 bits per heavy atom. The zero-order valence-corrected chi connectivity index (χ0v) is 16.3. The van der Waals surface area contributed by atoms with Gasteiger partial charge in [0.25, 0.3) is 0 Å². The zero-order chi connectivity index (χ0) is 18.9. The zero-order valence-electron chi connectivity index (χ0n) is 14.7. The minimum Gasteiger partial charge on any atom is -0.503 e. The molecule has 0 spiro atoms. The van der Waals surface area contributed by atoms with E-state index in [9.17, 15) is 14.7 Å². The summed E-state index contributed by atoms with van der Waals surface area (Å²) in [6, 6.07) is 2.14. The number of phenols is 1. The van der Waals surface area contributed by atoms with Crippen LogP contribution in [0.5, 0.6) is 11.5 Å². The van der Waals surface area contributed by atoms with Crippen molar-refractivity contribution in [2.45, 2.75) is 32.9 Å². The van der Waals surface area contributed by atoms with E-state index in [2.05, 4.69) is 21.2 Å². The first kappa shape index (κ1) is 19.1. The fourth-order valence-corrected chi connectivity index (χ4v) is 3.00. The largest absolute Gasteiger partial charge is 0.503 e. The van der Waals surface area contributed by atoms with Crippen LogP contribution in [0.25, 0.3) is 0 Å². The highest BCUT2D eigenvalue weighted by Gasteiger charge is 2.36. The molecule has 0 radical (unpaired) electrons. The van der Waals surface area contributed by atoms with E-state index in [1.807, 2.05) is 0 Å². The quantitative estimate of drug-likeness (QED) is 0.741. The first-order valence-electron chi connectivity index (χ1n) is 7.69. The maximum Gasteiger partial charge on any atom is 0.338 e. The molecule has 0 fully saturated rings. The average molecular weight is 413 g/mol. The summed E-state index contributed by atoms with van der Waals surface area (Å²) in [6.45, 7) is 5.21. The van der Waals surface area contributed by atoms with Crippen molar-refractivity contribution in [3.8, 4) is 11.5 Å². The van der Waals surface area contributed by atoms with Gasteiger partial charge in [-0.25, -0.2) is 9.59 Å². The summed E-state index contributed by atoms with van der Waals surface area (Å²) in [5.74, 6) is -0.336. The van der Waals surface area contributed by atoms with Crippen LogP contribution < -0.4 is 10.1 Å². The third-order valence-corrected chi connectivity index (χ3v) is 4.53. The van der Waals surface area contributed by atoms with Gasteiger partial charge in [0.2, 0.25) is 0 Å². The van der Waals surface area contributed by atoms with Crippen molar-refractivity contribution in [1.29, 1.82) is 0 Å². The van der Waals surface area contributed by atoms with E-state index in [-0.39, 0.29) is 23.6 Å². The highest BCUT2D eigenvalue weighted by molar-refractivity contribution is 9.10. The number of carbonyl (C=O) groups excluding carboxylic acids is 2. The molecule has 8 heteroatoms. The number of allylic oxidation sites excluding steroid dienone is 1. The fraction of sp³-hybridized carbons (Fsp3) is 0.412. The maximum absolute atomic E-state index is 12.6. The van der Waals surface area contributed by atoms with Crippen LogP contribution in [-0.2, 0) is 9.53 Å². The number of rotatable bonds is 4. The number of benzene rings is 1. The minimum atomic E-state index is -0.722. The van der Waals surface area contributed by atoms with E-state index in [1.165, 1.54) is 12.0 Å². The second kappa shape index (κ2) is 7.35. The van der Waals surface area contributed by atoms with Crippen LogP contribution in [0.4, 0.5) is 4.79 Å². The van der Waals surface area contributed by atoms with E-state index in [1.54, 1.807) is 40.0 Å². The summed E-state index contributed by atoms with van der Waals surface area (Å²) in [4.78, 5) is 26.2. The van der Waals surface area contributed by atoms with E-state index in [4.69, 9.17) is 9.47 Å². The Labute approximate surface area is 154 Å². The number of nitrogens with one attached hydrogen (secondary N) is 1. The number of esters is 1. The van der Waals surface area contributed by atoms with E-state index in [0.717, 1.165) is 0 Å². The molecule has 7 nitrogen and oxygen atoms in total. The number of halogens is 1. The lowest BCUT2D eigenvalue weighted by atomic mass is 9.94. The molecular weight excluding hydrogens is 392 g/mol. The van der Waals surface area contributed by atoms with Gasteiger partial charge in [0.05, 0.1) is 29.3 Å². The Morgan fingerprint density at radius 3 is 2.60 bits per heavy atom. The lowest BCUT2D eigenvalue weighted by Crippen LogP contribution is -2.46. The van der Waals surface area contributed by atoms with Crippen molar-refractivity contribution >= 4 is 27.9 Å². The Hall–Kier alpha value is -2.22. The van der Waals surface area contributed by atoms with Gasteiger partial charge in [0.1, 0.15) is 0 Å². The molecule has 0 saturated heterocycles. The molecule has 25 heavy (non-hydrogen) atoms. The van der Waals surface area contributed by atoms with Gasteiger partial charge in [0.15, 0.2) is 11.5 Å². The third-order valence-electron chi connectivity index (χ3n) is 3.92. The van der Waals surface area contributed by atoms with Crippen LogP contribution in [0.15, 0.2) is 27.9 Å². The molecule has 2 N–H and O–H groups in total. The molecule has 1 atom stereocenters. The van der Waals surface area contributed by atoms with Gasteiger partial charge in [-0.2, -0.15) is 0 Å². The van der Waals surface area contributed by atoms with Crippen LogP contribution in [0.1, 0.15) is 32.4 Å². The van der Waals surface area contributed by atoms with Gasteiger partial charge < -0.3 is 24.8 Å². The molecule has 0 saturated carbocycles. The van der Waals surface area contributed by atoms with Crippen LogP contribution >= 0.6 is 15.9 Å². The van der Waals surface area contributed by atoms with Crippen molar-refractivity contribution in [3.63, 3.8) is 0 Å². The van der Waals surface area contributed by atoms with Gasteiger partial charge in [0, 0.05) is 12.7 Å². The minimum absolute atomic E-state index is 0.0579. The van der Waals surface area contributed by atoms with E-state index >= 15 is 0 Å². The number of phenolic OH excluding ortho intramolecular Hbond substituents is 1. The molecule has 1 aliphatic rings. The van der Waals surface area contributed by atoms with E-state index < -0.39 is 12.0 Å². The number of ether oxygens (including phenoxy) is 2. The Kier molecular flexibility index (Phi) is 5.62. The molecule has 1 unspecified atom stereocenters. The molecule has 1 aromatic carbocycles. The molecule has 2 rings (SSSR count). The van der Waals surface area contributed by atoms with Crippen molar-refractivity contribution in [2.24, 2.45) is 0 Å². The lowest BCUT2D eigenvalue weighted by molar-refractivity contribution is -0.143. The number of nitrogens with zero attached hydrogens (tertiary/aromatic N) is 1. The highest BCUT2D eigenvalue weighted by Crippen LogP contribution is 2.40. The summed E-state index contributed by atoms with van der Waals surface area (Å²) in [5, 5.41) is 12.8. The maximum atomic E-state index is 12.6. The Morgan fingerprint density at radius 1 is 1.40 bits per heavy atom. The van der Waals surface area contributed by atoms with Crippen LogP contribution in [-0.4, -0.2) is 42.3 Å². The first-order chi connectivity index (χ1) is 11.7. The summed E-state index contributed by atoms with van der Waals surface area (Å²) in [6.07, 6.45) is -0.294. The molecule has 2 amide bonds. The highest BCUT2D eigenvalue weighted by atomic mass is 79.9. The fourth-order valence-electron chi connectivity index (χ4n) is 2.54. The number of hydrogen-bond acceptors (Lipinski definition) is 5. The molecule has 0 aromatic heterocycles. The molecule has 1 heterocycles. The topological polar surface area (TPSA) is 88.1 Å². The van der Waals surface area contributed by atoms with Gasteiger partial charge in [-0.1, -0.05) is 0 Å². The third kappa shape index (κ3) is 3.73. The van der Waals surface area contributed by atoms with Crippen LogP contribution in [0, 0.1) is 0 Å². The van der Waals surface area contributed by atoms with Gasteiger partial charge in [-0.05, 0) is 54.4 Å². The predicted molar refractivity (Wildman–Crippen MR) is 95.3 cm³/mol. The van der Waals surface area contributed by atoms with Crippen molar-refractivity contribution in [2.75, 3.05) is 14.2 Å². The molecule has 1 aromatic rings. The summed E-state index contributed by atoms with van der Waals surface area (Å²) in [5.41, 5.74) is 1.41. The Balaban J connectivity index is 2.59. The van der Waals surface area contributed by atoms with Crippen molar-refractivity contribution in [1.82, 2.24) is 10.2 Å². The second-order valence-electron chi connectivity index (χ2n) is 5.95. The summed E-state index contributed by atoms with van der Waals surface area (Å²) < 4.78 is 10.9. The average Bonchev–Trinajstić information content (AvgIpc) is 2.53. The summed E-state index contributed by atoms with van der Waals surface area (Å²) in [7, 11) is 3.00. The SMILES string of the molecule is COc1cc(C2NC(=O)N(C)C(C)=C2C(=O)OC(C)C)cc(Br)c1O. The van der Waals surface area contributed by atoms with Gasteiger partial charge in [-0.15, -0.1) is 0 Å². The second-order valence-corrected chi connectivity index (χ2v) is 6.80. The standard InChI is InChI=1S/C17H21BrN2O5/c1-8(2)25-16(22)13-9(3)20(4)17(23)19-14(13)10-6-11(18)15(21)12(7-10)24-5/h6-8,14,21H,1-5H3,(H,19,23). The number of methoxy groups -OCH3 is 1. The molecule has 0 bridgehead atoms. The van der Waals surface area contributed by atoms with Gasteiger partial charge >= 0.3 is 12.0 Å². The smallest absolute Gasteiger partial charge is 0.338 e. The number of carbonyl (C=O) groups is 2. The van der Waals surface area contributed by atoms with Crippen LogP contribution in [0.2, 0.25) is 0 Å². The monoisotopic (exact) mass is 412 g/mol. The van der Waals surface area contributed by atoms with Crippen molar-refractivity contribution in [3.05, 3.63) is 33.4 Å². The first-order valence-corrected chi connectivity index (χ1v) is 8.49. The van der Waals surface area contributed by atoms with Crippen LogP contribution in [0.3, 0.4) is 0 Å². The number of amides is 2. The molecule has 1 aliphatic heterocycles.